The van der Waals surface area contributed by atoms with E-state index >= 15 is 0 Å². The van der Waals surface area contributed by atoms with Gasteiger partial charge in [-0.25, -0.2) is 0 Å². The van der Waals surface area contributed by atoms with Gasteiger partial charge >= 0.3 is 0 Å². The molecule has 1 aliphatic heterocycles. The average Bonchev–Trinajstić information content (AvgIpc) is 3.95. The Kier molecular flexibility index (Phi) is 8.39. The van der Waals surface area contributed by atoms with Gasteiger partial charge in [0, 0.05) is 62.9 Å². The van der Waals surface area contributed by atoms with Crippen LogP contribution in [0, 0.1) is 41.7 Å². The van der Waals surface area contributed by atoms with Gasteiger partial charge in [0.15, 0.2) is 0 Å². The Bertz CT molecular complexity index is 4610. The van der Waals surface area contributed by atoms with Crippen LogP contribution in [0.5, 0.6) is 0 Å². The third-order valence-electron chi connectivity index (χ3n) is 14.9. The predicted octanol–water partition coefficient (Wildman–Crippen LogP) is 15.3. The van der Waals surface area contributed by atoms with E-state index in [1.54, 1.807) is 0 Å². The van der Waals surface area contributed by atoms with Gasteiger partial charge in [-0.2, -0.15) is 4.58 Å². The lowest BCUT2D eigenvalue weighted by Gasteiger charge is -2.35. The van der Waals surface area contributed by atoms with E-state index in [-0.39, 0.29) is 6.04 Å². The van der Waals surface area contributed by atoms with Crippen molar-refractivity contribution in [3.63, 3.8) is 0 Å². The van der Waals surface area contributed by atoms with Crippen LogP contribution in [0.4, 0.5) is 22.7 Å². The molecule has 4 nitrogen and oxygen atoms in total. The first-order valence-electron chi connectivity index (χ1n) is 24.2. The lowest BCUT2D eigenvalue weighted by Crippen LogP contribution is -2.44. The number of hydrogen-bond donors (Lipinski definition) is 0. The van der Waals surface area contributed by atoms with Crippen LogP contribution in [0.3, 0.4) is 0 Å². The summed E-state index contributed by atoms with van der Waals surface area (Å²) in [6.45, 7) is 0. The topological polar surface area (TPSA) is 16.1 Å². The van der Waals surface area contributed by atoms with Crippen LogP contribution in [-0.4, -0.2) is 20.9 Å². The van der Waals surface area contributed by atoms with Crippen molar-refractivity contribution in [3.8, 4) is 11.4 Å². The highest BCUT2D eigenvalue weighted by atomic mass is 15.2. The number of rotatable bonds is 4. The molecule has 0 fully saturated rings. The van der Waals surface area contributed by atoms with E-state index in [0.717, 1.165) is 34.1 Å². The summed E-state index contributed by atoms with van der Waals surface area (Å²) in [7, 11) is 0. The van der Waals surface area contributed by atoms with Gasteiger partial charge < -0.3 is 14.0 Å². The molecule has 1 atom stereocenters. The highest BCUT2D eigenvalue weighted by molar-refractivity contribution is 6.12. The molecule has 10 aromatic carbocycles. The van der Waals surface area contributed by atoms with Gasteiger partial charge in [-0.05, 0) is 108 Å². The molecule has 0 bridgehead atoms. The second-order valence-electron chi connectivity index (χ2n) is 18.6. The summed E-state index contributed by atoms with van der Waals surface area (Å²) in [5.74, 6) is 0. The highest BCUT2D eigenvalue weighted by Crippen LogP contribution is 2.43. The van der Waals surface area contributed by atoms with Crippen LogP contribution < -0.4 is 9.48 Å². The molecule has 2 aromatic heterocycles. The first kappa shape index (κ1) is 38.8. The van der Waals surface area contributed by atoms with Crippen molar-refractivity contribution in [2.45, 2.75) is 6.04 Å². The lowest BCUT2D eigenvalue weighted by atomic mass is 9.95. The van der Waals surface area contributed by atoms with Gasteiger partial charge in [-0.1, -0.05) is 164 Å². The largest absolute Gasteiger partial charge is 0.319 e. The summed E-state index contributed by atoms with van der Waals surface area (Å²) < 4.78 is 7.39. The fraction of sp³-hybridized carbons (Fsp3) is 0.0152. The number of benzene rings is 10. The summed E-state index contributed by atoms with van der Waals surface area (Å²) in [5.41, 5.74) is 12.8. The molecule has 0 spiro atoms. The summed E-state index contributed by atoms with van der Waals surface area (Å²) in [4.78, 5) is 2.54. The summed E-state index contributed by atoms with van der Waals surface area (Å²) >= 11 is 0. The molecule has 12 aromatic rings. The number of hydrogen-bond acceptors (Lipinski definition) is 1. The Labute approximate surface area is 402 Å². The molecule has 15 rings (SSSR count). The molecule has 3 heterocycles. The van der Waals surface area contributed by atoms with Crippen molar-refractivity contribution in [3.05, 3.63) is 297 Å². The monoisotopic (exact) mass is 891 g/mol. The predicted molar refractivity (Wildman–Crippen MR) is 289 cm³/mol. The zero-order chi connectivity index (χ0) is 45.9. The summed E-state index contributed by atoms with van der Waals surface area (Å²) in [6.07, 6.45) is 9.00. The average molecular weight is 892 g/mol. The number of aromatic nitrogens is 2. The van der Waals surface area contributed by atoms with Crippen LogP contribution in [-0.2, 0) is 0 Å². The molecule has 4 heteroatoms. The molecule has 0 saturated heterocycles. The quantitative estimate of drug-likeness (QED) is 0.161. The van der Waals surface area contributed by atoms with E-state index in [2.05, 4.69) is 273 Å². The molecule has 326 valence electrons. The molecular weight excluding hydrogens is 849 g/mol. The van der Waals surface area contributed by atoms with Gasteiger partial charge in [0.2, 0.25) is 17.1 Å². The molecular formula is C66H43N4+. The standard InChI is InChI=1S/C66H43N4/c1-3-19-43(20-4-1)67-63-33-17-18-34-64(63)68(44-21-5-2-6-22-44)66-42-58-50-38-36-46(70-61-31-15-11-27-53(61)54-28-12-16-32-62(54)70)40-56(50)55-39-45(69-59-29-13-9-25-51(59)52-26-10-14-30-60(52)69)35-37-49(55)47-23-7-8-24-48(47)57(58)41-65(66)67/h1-42,64H/q+1. The maximum absolute atomic E-state index is 2.54. The molecule has 3 aliphatic rings. The molecule has 70 heavy (non-hydrogen) atoms. The van der Waals surface area contributed by atoms with Gasteiger partial charge in [-0.15, -0.1) is 0 Å². The maximum Gasteiger partial charge on any atom is 0.235 e. The molecule has 0 N–H and O–H groups in total. The van der Waals surface area contributed by atoms with E-state index in [1.807, 2.05) is 0 Å². The van der Waals surface area contributed by atoms with Crippen molar-refractivity contribution >= 4 is 72.1 Å². The number of fused-ring (bicyclic) bond motifs is 12. The normalized spacial score (nSPS) is 14.5. The van der Waals surface area contributed by atoms with Gasteiger partial charge in [0.25, 0.3) is 0 Å². The third-order valence-corrected chi connectivity index (χ3v) is 14.9. The minimum atomic E-state index is -0.0364. The third kappa shape index (κ3) is 5.62. The molecule has 2 aliphatic carbocycles. The number of anilines is 2. The zero-order valence-electron chi connectivity index (χ0n) is 38.1. The van der Waals surface area contributed by atoms with Crippen molar-refractivity contribution in [1.29, 1.82) is 0 Å². The fourth-order valence-electron chi connectivity index (χ4n) is 12.0. The molecule has 0 radical (unpaired) electrons. The smallest absolute Gasteiger partial charge is 0.235 e. The Morgan fingerprint density at radius 1 is 0.329 bits per heavy atom. The SMILES string of the molecule is C1=CC2=[N+](c3ccccc3)c3cc4c(cc3N(c3ccccc3)C2C=C1)=c1ccc(-n2c3ccccc3c3ccccc32)cc1=c1cc(-n2c3ccccc3c3ccccc32)ccc1=c1ccccc1=4. The van der Waals surface area contributed by atoms with Gasteiger partial charge in [-0.3, -0.25) is 0 Å². The fourth-order valence-corrected chi connectivity index (χ4v) is 12.0. The molecule has 0 amide bonds. The second kappa shape index (κ2) is 15.1. The Hall–Kier alpha value is -9.25. The van der Waals surface area contributed by atoms with Crippen molar-refractivity contribution in [2.24, 2.45) is 0 Å². The first-order chi connectivity index (χ1) is 34.8. The van der Waals surface area contributed by atoms with E-state index in [0.29, 0.717) is 0 Å². The van der Waals surface area contributed by atoms with E-state index in [9.17, 15) is 0 Å². The van der Waals surface area contributed by atoms with E-state index in [4.69, 9.17) is 0 Å². The number of allylic oxidation sites excluding steroid dienone is 2. The number of nitrogens with zero attached hydrogens (tertiary/aromatic N) is 4. The van der Waals surface area contributed by atoms with Crippen LogP contribution in [0.25, 0.3) is 55.0 Å². The van der Waals surface area contributed by atoms with Crippen LogP contribution in [0.15, 0.2) is 255 Å². The van der Waals surface area contributed by atoms with Crippen molar-refractivity contribution < 1.29 is 0 Å². The van der Waals surface area contributed by atoms with E-state index < -0.39 is 0 Å². The summed E-state index contributed by atoms with van der Waals surface area (Å²) in [6, 6.07) is 85.4. The van der Waals surface area contributed by atoms with Crippen LogP contribution in [0.1, 0.15) is 0 Å². The van der Waals surface area contributed by atoms with Crippen LogP contribution in [0.2, 0.25) is 0 Å². The maximum atomic E-state index is 2.54. The molecule has 0 saturated carbocycles. The zero-order valence-corrected chi connectivity index (χ0v) is 38.1. The van der Waals surface area contributed by atoms with Crippen molar-refractivity contribution in [2.75, 3.05) is 4.90 Å². The summed E-state index contributed by atoms with van der Waals surface area (Å²) in [5, 5.41) is 14.5. The highest BCUT2D eigenvalue weighted by Gasteiger charge is 2.40. The Morgan fingerprint density at radius 2 is 0.757 bits per heavy atom. The van der Waals surface area contributed by atoms with Crippen LogP contribution >= 0.6 is 0 Å². The van der Waals surface area contributed by atoms with Crippen molar-refractivity contribution in [1.82, 2.24) is 13.7 Å². The minimum absolute atomic E-state index is 0.0364. The van der Waals surface area contributed by atoms with E-state index in [1.165, 1.54) is 91.1 Å². The minimum Gasteiger partial charge on any atom is -0.319 e. The Morgan fingerprint density at radius 3 is 1.31 bits per heavy atom. The van der Waals surface area contributed by atoms with Gasteiger partial charge in [0.1, 0.15) is 11.7 Å². The number of para-hydroxylation sites is 6. The second-order valence-corrected chi connectivity index (χ2v) is 18.6. The van der Waals surface area contributed by atoms with Gasteiger partial charge in [0.05, 0.1) is 22.1 Å². The molecule has 1 unspecified atom stereocenters. The first-order valence-corrected chi connectivity index (χ1v) is 24.2. The lowest BCUT2D eigenvalue weighted by molar-refractivity contribution is 0.894. The Balaban J connectivity index is 1.17.